The minimum atomic E-state index is -3.53. The molecule has 0 amide bonds. The Labute approximate surface area is 147 Å². The van der Waals surface area contributed by atoms with E-state index in [9.17, 15) is 8.42 Å². The van der Waals surface area contributed by atoms with E-state index in [1.165, 1.54) is 0 Å². The second kappa shape index (κ2) is 6.99. The van der Waals surface area contributed by atoms with Crippen LogP contribution in [0.25, 0.3) is 0 Å². The number of hydrogen-bond acceptors (Lipinski definition) is 4. The summed E-state index contributed by atoms with van der Waals surface area (Å²) >= 11 is 0. The Bertz CT molecular complexity index is 959. The summed E-state index contributed by atoms with van der Waals surface area (Å²) < 4.78 is 36.2. The van der Waals surface area contributed by atoms with Crippen LogP contribution in [0.15, 0.2) is 82.6 Å². The smallest absolute Gasteiger partial charge is 0.206 e. The Morgan fingerprint density at radius 1 is 0.720 bits per heavy atom. The summed E-state index contributed by atoms with van der Waals surface area (Å²) in [6, 6.07) is 20.4. The van der Waals surface area contributed by atoms with Crippen LogP contribution < -0.4 is 9.47 Å². The molecule has 25 heavy (non-hydrogen) atoms. The van der Waals surface area contributed by atoms with E-state index in [-0.39, 0.29) is 9.79 Å². The van der Waals surface area contributed by atoms with Crippen LogP contribution in [0.2, 0.25) is 0 Å². The number of methoxy groups -OCH3 is 1. The summed E-state index contributed by atoms with van der Waals surface area (Å²) in [5.41, 5.74) is 1.01. The van der Waals surface area contributed by atoms with Gasteiger partial charge < -0.3 is 9.47 Å². The third-order valence-electron chi connectivity index (χ3n) is 3.74. The standard InChI is InChI=1S/C20H18O4S/c1-15-6-10-19(11-7-15)25(21,22)20-12-8-16(9-13-20)24-18-5-3-4-17(14-18)23-2/h3-14H,1-2H3. The molecule has 0 aliphatic heterocycles. The first kappa shape index (κ1) is 17.0. The van der Waals surface area contributed by atoms with Gasteiger partial charge >= 0.3 is 0 Å². The quantitative estimate of drug-likeness (QED) is 0.670. The molecule has 3 rings (SSSR count). The van der Waals surface area contributed by atoms with Gasteiger partial charge in [0, 0.05) is 6.07 Å². The predicted octanol–water partition coefficient (Wildman–Crippen LogP) is 4.63. The van der Waals surface area contributed by atoms with Crippen molar-refractivity contribution in [3.8, 4) is 17.2 Å². The van der Waals surface area contributed by atoms with Gasteiger partial charge in [-0.3, -0.25) is 0 Å². The lowest BCUT2D eigenvalue weighted by atomic mass is 10.2. The van der Waals surface area contributed by atoms with Crippen molar-refractivity contribution in [2.24, 2.45) is 0 Å². The maximum absolute atomic E-state index is 12.6. The molecule has 0 radical (unpaired) electrons. The molecule has 4 nitrogen and oxygen atoms in total. The monoisotopic (exact) mass is 354 g/mol. The number of ether oxygens (including phenoxy) is 2. The third-order valence-corrected chi connectivity index (χ3v) is 5.53. The average molecular weight is 354 g/mol. The highest BCUT2D eigenvalue weighted by atomic mass is 32.2. The zero-order valence-electron chi connectivity index (χ0n) is 14.0. The minimum absolute atomic E-state index is 0.231. The van der Waals surface area contributed by atoms with E-state index in [0.29, 0.717) is 17.2 Å². The summed E-state index contributed by atoms with van der Waals surface area (Å²) in [6.07, 6.45) is 0. The molecule has 0 atom stereocenters. The zero-order valence-corrected chi connectivity index (χ0v) is 14.8. The third kappa shape index (κ3) is 3.83. The van der Waals surface area contributed by atoms with Crippen LogP contribution in [-0.2, 0) is 9.84 Å². The van der Waals surface area contributed by atoms with Gasteiger partial charge in [-0.1, -0.05) is 23.8 Å². The lowest BCUT2D eigenvalue weighted by Crippen LogP contribution is -2.01. The fourth-order valence-corrected chi connectivity index (χ4v) is 3.60. The lowest BCUT2D eigenvalue weighted by molar-refractivity contribution is 0.409. The number of benzene rings is 3. The van der Waals surface area contributed by atoms with E-state index in [1.807, 2.05) is 19.1 Å². The second-order valence-electron chi connectivity index (χ2n) is 5.57. The van der Waals surface area contributed by atoms with E-state index < -0.39 is 9.84 Å². The molecular formula is C20H18O4S. The van der Waals surface area contributed by atoms with Crippen molar-refractivity contribution in [2.45, 2.75) is 16.7 Å². The van der Waals surface area contributed by atoms with Gasteiger partial charge in [-0.25, -0.2) is 8.42 Å². The van der Waals surface area contributed by atoms with Gasteiger partial charge in [0.15, 0.2) is 0 Å². The average Bonchev–Trinajstić information content (AvgIpc) is 2.63. The molecule has 128 valence electrons. The number of rotatable bonds is 5. The Balaban J connectivity index is 1.83. The van der Waals surface area contributed by atoms with Crippen molar-refractivity contribution in [1.29, 1.82) is 0 Å². The topological polar surface area (TPSA) is 52.6 Å². The van der Waals surface area contributed by atoms with Crippen molar-refractivity contribution in [2.75, 3.05) is 7.11 Å². The molecule has 0 spiro atoms. The first-order chi connectivity index (χ1) is 12.0. The molecule has 3 aromatic rings. The van der Waals surface area contributed by atoms with Crippen LogP contribution in [0, 0.1) is 6.92 Å². The summed E-state index contributed by atoms with van der Waals surface area (Å²) in [5.74, 6) is 1.86. The molecule has 0 aromatic heterocycles. The van der Waals surface area contributed by atoms with Crippen molar-refractivity contribution in [3.05, 3.63) is 78.4 Å². The first-order valence-corrected chi connectivity index (χ1v) is 9.21. The molecular weight excluding hydrogens is 336 g/mol. The highest BCUT2D eigenvalue weighted by Crippen LogP contribution is 2.27. The maximum Gasteiger partial charge on any atom is 0.206 e. The van der Waals surface area contributed by atoms with Crippen molar-refractivity contribution in [3.63, 3.8) is 0 Å². The van der Waals surface area contributed by atoms with Gasteiger partial charge in [-0.2, -0.15) is 0 Å². The van der Waals surface area contributed by atoms with Crippen LogP contribution in [-0.4, -0.2) is 15.5 Å². The normalized spacial score (nSPS) is 11.1. The molecule has 0 N–H and O–H groups in total. The fourth-order valence-electron chi connectivity index (χ4n) is 2.34. The number of sulfone groups is 1. The predicted molar refractivity (Wildman–Crippen MR) is 96.1 cm³/mol. The summed E-state index contributed by atoms with van der Waals surface area (Å²) in [5, 5.41) is 0. The van der Waals surface area contributed by atoms with Gasteiger partial charge in [-0.15, -0.1) is 0 Å². The molecule has 0 unspecified atom stereocenters. The van der Waals surface area contributed by atoms with E-state index >= 15 is 0 Å². The van der Waals surface area contributed by atoms with Gasteiger partial charge in [-0.05, 0) is 55.5 Å². The Morgan fingerprint density at radius 3 is 1.88 bits per heavy atom. The highest BCUT2D eigenvalue weighted by molar-refractivity contribution is 7.91. The largest absolute Gasteiger partial charge is 0.497 e. The van der Waals surface area contributed by atoms with Gasteiger partial charge in [0.25, 0.3) is 0 Å². The minimum Gasteiger partial charge on any atom is -0.497 e. The second-order valence-corrected chi connectivity index (χ2v) is 7.52. The van der Waals surface area contributed by atoms with E-state index in [0.717, 1.165) is 5.56 Å². The molecule has 0 bridgehead atoms. The summed E-state index contributed by atoms with van der Waals surface area (Å²) in [6.45, 7) is 1.92. The van der Waals surface area contributed by atoms with Crippen molar-refractivity contribution < 1.29 is 17.9 Å². The van der Waals surface area contributed by atoms with Crippen LogP contribution in [0.5, 0.6) is 17.2 Å². The Morgan fingerprint density at radius 2 is 1.28 bits per heavy atom. The van der Waals surface area contributed by atoms with Crippen molar-refractivity contribution >= 4 is 9.84 Å². The van der Waals surface area contributed by atoms with Crippen LogP contribution in [0.3, 0.4) is 0 Å². The Kier molecular flexibility index (Phi) is 4.76. The van der Waals surface area contributed by atoms with E-state index in [2.05, 4.69) is 0 Å². The fraction of sp³-hybridized carbons (Fsp3) is 0.100. The SMILES string of the molecule is COc1cccc(Oc2ccc(S(=O)(=O)c3ccc(C)cc3)cc2)c1. The molecule has 0 aliphatic rings. The van der Waals surface area contributed by atoms with Crippen LogP contribution >= 0.6 is 0 Å². The van der Waals surface area contributed by atoms with E-state index in [1.54, 1.807) is 67.8 Å². The summed E-state index contributed by atoms with van der Waals surface area (Å²) in [4.78, 5) is 0.508. The highest BCUT2D eigenvalue weighted by Gasteiger charge is 2.17. The molecule has 0 heterocycles. The molecule has 5 heteroatoms. The van der Waals surface area contributed by atoms with E-state index in [4.69, 9.17) is 9.47 Å². The Hall–Kier alpha value is -2.79. The molecule has 0 saturated heterocycles. The van der Waals surface area contributed by atoms with Gasteiger partial charge in [0.05, 0.1) is 16.9 Å². The molecule has 3 aromatic carbocycles. The van der Waals surface area contributed by atoms with Gasteiger partial charge in [0.2, 0.25) is 9.84 Å². The van der Waals surface area contributed by atoms with Gasteiger partial charge in [0.1, 0.15) is 17.2 Å². The van der Waals surface area contributed by atoms with Crippen LogP contribution in [0.1, 0.15) is 5.56 Å². The molecule has 0 saturated carbocycles. The summed E-state index contributed by atoms with van der Waals surface area (Å²) in [7, 11) is -1.94. The zero-order chi connectivity index (χ0) is 17.9. The maximum atomic E-state index is 12.6. The van der Waals surface area contributed by atoms with Crippen LogP contribution in [0.4, 0.5) is 0 Å². The first-order valence-electron chi connectivity index (χ1n) is 7.73. The van der Waals surface area contributed by atoms with Crippen molar-refractivity contribution in [1.82, 2.24) is 0 Å². The molecule has 0 aliphatic carbocycles. The number of hydrogen-bond donors (Lipinski definition) is 0. The number of aryl methyl sites for hydroxylation is 1. The lowest BCUT2D eigenvalue weighted by Gasteiger charge is -2.09. The molecule has 0 fully saturated rings.